The first-order valence-electron chi connectivity index (χ1n) is 8.15. The summed E-state index contributed by atoms with van der Waals surface area (Å²) in [5, 5.41) is 6.44. The second kappa shape index (κ2) is 7.19. The first-order valence-corrected chi connectivity index (χ1v) is 8.90. The maximum atomic E-state index is 12.5. The Morgan fingerprint density at radius 1 is 1.07 bits per heavy atom. The molecule has 0 saturated carbocycles. The summed E-state index contributed by atoms with van der Waals surface area (Å²) in [7, 11) is 0. The largest absolute Gasteiger partial charge is 0.439 e. The number of anilines is 1. The fourth-order valence-electron chi connectivity index (χ4n) is 2.87. The minimum atomic E-state index is -0.708. The molecular weight excluding hydrogens is 423 g/mol. The minimum absolute atomic E-state index is 0.0918. The van der Waals surface area contributed by atoms with E-state index in [9.17, 15) is 19.2 Å². The predicted molar refractivity (Wildman–Crippen MR) is 103 cm³/mol. The molecule has 0 spiro atoms. The lowest BCUT2D eigenvalue weighted by Crippen LogP contribution is -2.37. The van der Waals surface area contributed by atoms with Crippen molar-refractivity contribution in [3.8, 4) is 11.4 Å². The number of imide groups is 1. The topological polar surface area (TPSA) is 125 Å². The highest BCUT2D eigenvalue weighted by molar-refractivity contribution is 6.43. The normalized spacial score (nSPS) is 13.0. The lowest BCUT2D eigenvalue weighted by atomic mass is 10.1. The van der Waals surface area contributed by atoms with E-state index in [1.54, 1.807) is 24.3 Å². The van der Waals surface area contributed by atoms with Crippen LogP contribution in [0.3, 0.4) is 0 Å². The summed E-state index contributed by atoms with van der Waals surface area (Å²) < 4.78 is 4.45. The fourth-order valence-corrected chi connectivity index (χ4v) is 3.20. The predicted octanol–water partition coefficient (Wildman–Crippen LogP) is 2.57. The van der Waals surface area contributed by atoms with Crippen molar-refractivity contribution >= 4 is 46.6 Å². The Labute approximate surface area is 172 Å². The van der Waals surface area contributed by atoms with Crippen molar-refractivity contribution in [1.29, 1.82) is 0 Å². The smallest absolute Gasteiger partial charge is 0.325 e. The van der Waals surface area contributed by atoms with Crippen LogP contribution in [0.15, 0.2) is 45.7 Å². The van der Waals surface area contributed by atoms with E-state index < -0.39 is 30.0 Å². The van der Waals surface area contributed by atoms with Crippen molar-refractivity contribution in [2.45, 2.75) is 0 Å². The van der Waals surface area contributed by atoms with E-state index >= 15 is 0 Å². The van der Waals surface area contributed by atoms with Crippen molar-refractivity contribution in [3.05, 3.63) is 68.1 Å². The number of H-pyrrole nitrogens is 1. The first-order chi connectivity index (χ1) is 13.8. The van der Waals surface area contributed by atoms with E-state index in [0.29, 0.717) is 11.3 Å². The molecule has 2 N–H and O–H groups in total. The molecule has 0 radical (unpaired) electrons. The molecule has 2 heterocycles. The number of hydrogen-bond donors (Lipinski definition) is 2. The van der Waals surface area contributed by atoms with Crippen LogP contribution in [0.2, 0.25) is 10.0 Å². The van der Waals surface area contributed by atoms with Gasteiger partial charge in [0.05, 0.1) is 21.2 Å². The number of nitrogens with zero attached hydrogens (tertiary/aromatic N) is 2. The third kappa shape index (κ3) is 3.53. The molecular formula is C18H10Cl2N4O5. The van der Waals surface area contributed by atoms with Gasteiger partial charge in [0.25, 0.3) is 11.8 Å². The van der Waals surface area contributed by atoms with Gasteiger partial charge in [-0.3, -0.25) is 28.8 Å². The summed E-state index contributed by atoms with van der Waals surface area (Å²) in [6.07, 6.45) is 0. The zero-order valence-electron chi connectivity index (χ0n) is 14.4. The van der Waals surface area contributed by atoms with Crippen LogP contribution in [0.4, 0.5) is 5.69 Å². The van der Waals surface area contributed by atoms with Gasteiger partial charge in [-0.25, -0.2) is 4.79 Å². The lowest BCUT2D eigenvalue weighted by molar-refractivity contribution is -0.116. The third-order valence-corrected chi connectivity index (χ3v) is 4.90. The Balaban J connectivity index is 1.50. The molecule has 4 rings (SSSR count). The number of benzene rings is 2. The highest BCUT2D eigenvalue weighted by atomic mass is 35.5. The van der Waals surface area contributed by atoms with Crippen LogP contribution in [0.5, 0.6) is 0 Å². The second-order valence-electron chi connectivity index (χ2n) is 6.08. The Morgan fingerprint density at radius 3 is 2.31 bits per heavy atom. The molecule has 1 aliphatic heterocycles. The molecule has 3 amide bonds. The monoisotopic (exact) mass is 432 g/mol. The highest BCUT2D eigenvalue weighted by Crippen LogP contribution is 2.31. The number of hydrogen-bond acceptors (Lipinski definition) is 6. The number of carbonyl (C=O) groups is 3. The average molecular weight is 433 g/mol. The number of aromatic amines is 1. The van der Waals surface area contributed by atoms with Gasteiger partial charge in [-0.15, -0.1) is 0 Å². The summed E-state index contributed by atoms with van der Waals surface area (Å²) in [6.45, 7) is -0.493. The van der Waals surface area contributed by atoms with Crippen LogP contribution in [-0.2, 0) is 4.79 Å². The number of aromatic nitrogens is 2. The molecule has 9 nitrogen and oxygen atoms in total. The second-order valence-corrected chi connectivity index (χ2v) is 6.90. The quantitative estimate of drug-likeness (QED) is 0.610. The van der Waals surface area contributed by atoms with Crippen molar-refractivity contribution in [2.24, 2.45) is 0 Å². The van der Waals surface area contributed by atoms with Crippen LogP contribution < -0.4 is 11.1 Å². The van der Waals surface area contributed by atoms with Crippen molar-refractivity contribution in [2.75, 3.05) is 11.9 Å². The molecule has 1 aliphatic rings. The van der Waals surface area contributed by atoms with E-state index in [4.69, 9.17) is 23.2 Å². The van der Waals surface area contributed by atoms with Gasteiger partial charge in [0.1, 0.15) is 6.54 Å². The van der Waals surface area contributed by atoms with Crippen molar-refractivity contribution < 1.29 is 18.9 Å². The number of rotatable bonds is 4. The Kier molecular flexibility index (Phi) is 4.69. The van der Waals surface area contributed by atoms with Crippen molar-refractivity contribution in [1.82, 2.24) is 15.0 Å². The zero-order valence-corrected chi connectivity index (χ0v) is 15.9. The highest BCUT2D eigenvalue weighted by Gasteiger charge is 2.37. The van der Waals surface area contributed by atoms with E-state index in [0.717, 1.165) is 4.90 Å². The Bertz CT molecular complexity index is 1190. The van der Waals surface area contributed by atoms with Gasteiger partial charge in [0.2, 0.25) is 5.91 Å². The number of amides is 3. The van der Waals surface area contributed by atoms with E-state index in [1.807, 2.05) is 0 Å². The first kappa shape index (κ1) is 18.9. The lowest BCUT2D eigenvalue weighted by Gasteiger charge is -2.13. The molecule has 0 bridgehead atoms. The summed E-state index contributed by atoms with van der Waals surface area (Å²) in [5.74, 6) is -2.37. The molecule has 11 heteroatoms. The van der Waals surface area contributed by atoms with Crippen molar-refractivity contribution in [3.63, 3.8) is 0 Å². The Hall–Kier alpha value is -3.43. The zero-order chi connectivity index (χ0) is 20.7. The van der Waals surface area contributed by atoms with E-state index in [2.05, 4.69) is 20.0 Å². The van der Waals surface area contributed by atoms with Gasteiger partial charge < -0.3 is 5.32 Å². The van der Waals surface area contributed by atoms with Crippen LogP contribution >= 0.6 is 23.2 Å². The van der Waals surface area contributed by atoms with Crippen LogP contribution in [0, 0.1) is 0 Å². The molecule has 0 aliphatic carbocycles. The number of carbonyl (C=O) groups excluding carboxylic acids is 3. The van der Waals surface area contributed by atoms with E-state index in [1.165, 1.54) is 12.1 Å². The molecule has 1 aromatic heterocycles. The van der Waals surface area contributed by atoms with Crippen LogP contribution in [0.1, 0.15) is 20.7 Å². The third-order valence-electron chi connectivity index (χ3n) is 4.17. The molecule has 0 fully saturated rings. The van der Waals surface area contributed by atoms with Gasteiger partial charge in [-0.1, -0.05) is 40.5 Å². The molecule has 3 aromatic rings. The fraction of sp³-hybridized carbons (Fsp3) is 0.0556. The number of halogens is 2. The summed E-state index contributed by atoms with van der Waals surface area (Å²) in [6, 6.07) is 9.04. The summed E-state index contributed by atoms with van der Waals surface area (Å²) >= 11 is 11.8. The maximum absolute atomic E-state index is 12.5. The molecule has 2 aromatic carbocycles. The van der Waals surface area contributed by atoms with Gasteiger partial charge in [0, 0.05) is 11.3 Å². The molecule has 29 heavy (non-hydrogen) atoms. The maximum Gasteiger partial charge on any atom is 0.439 e. The van der Waals surface area contributed by atoms with Gasteiger partial charge in [-0.05, 0) is 24.3 Å². The van der Waals surface area contributed by atoms with Gasteiger partial charge in [-0.2, -0.15) is 0 Å². The molecule has 0 unspecified atom stereocenters. The molecule has 0 atom stereocenters. The molecule has 0 saturated heterocycles. The van der Waals surface area contributed by atoms with E-state index in [-0.39, 0.29) is 27.0 Å². The summed E-state index contributed by atoms with van der Waals surface area (Å²) in [5.41, 5.74) is 1.06. The average Bonchev–Trinajstić information content (AvgIpc) is 3.21. The van der Waals surface area contributed by atoms with Gasteiger partial charge in [0.15, 0.2) is 5.82 Å². The summed E-state index contributed by atoms with van der Waals surface area (Å²) in [4.78, 5) is 51.6. The Morgan fingerprint density at radius 2 is 1.72 bits per heavy atom. The number of nitrogens with one attached hydrogen (secondary N) is 2. The SMILES string of the molecule is O=C(CN1C(=O)c2cc(Cl)c(Cl)cc2C1=O)Nc1cccc(-c2noc(=O)[nH]2)c1. The standard InChI is InChI=1S/C18H10Cl2N4O5/c19-12-5-10-11(6-13(12)20)17(27)24(16(10)26)7-14(25)21-9-3-1-2-8(4-9)15-22-18(28)29-23-15/h1-6H,7H2,(H,21,25)(H,22,23,28). The van der Waals surface area contributed by atoms with Crippen LogP contribution in [-0.4, -0.2) is 39.3 Å². The molecule has 146 valence electrons. The van der Waals surface area contributed by atoms with Crippen LogP contribution in [0.25, 0.3) is 11.4 Å². The minimum Gasteiger partial charge on any atom is -0.325 e. The van der Waals surface area contributed by atoms with Gasteiger partial charge >= 0.3 is 5.76 Å². The number of fused-ring (bicyclic) bond motifs is 1.